The standard InChI is InChI=1S/C18H27FN2O/c1-5-15(19)10-9-14(4)20-17(6-2)18(22)21-16-11-7-13(3)8-12-16/h5-6,9-10,13,16H,7-8,11-12H2,1-4H3,(H,21,22)/b10-9-,15-5+,17-6-,20-14+. The largest absolute Gasteiger partial charge is 0.348 e. The average Bonchev–Trinajstić information content (AvgIpc) is 2.52. The topological polar surface area (TPSA) is 41.5 Å². The zero-order chi connectivity index (χ0) is 16.5. The number of nitrogens with one attached hydrogen (secondary N) is 1. The highest BCUT2D eigenvalue weighted by molar-refractivity contribution is 6.00. The van der Waals surface area contributed by atoms with Gasteiger partial charge in [-0.25, -0.2) is 9.38 Å². The van der Waals surface area contributed by atoms with Crippen molar-refractivity contribution in [3.63, 3.8) is 0 Å². The number of rotatable bonds is 5. The zero-order valence-corrected chi connectivity index (χ0v) is 14.0. The van der Waals surface area contributed by atoms with E-state index < -0.39 is 0 Å². The smallest absolute Gasteiger partial charge is 0.269 e. The first-order chi connectivity index (χ1) is 10.5. The van der Waals surface area contributed by atoms with Gasteiger partial charge in [0.1, 0.15) is 11.5 Å². The fourth-order valence-corrected chi connectivity index (χ4v) is 2.43. The van der Waals surface area contributed by atoms with E-state index in [-0.39, 0.29) is 17.8 Å². The van der Waals surface area contributed by atoms with Crippen LogP contribution in [0.5, 0.6) is 0 Å². The molecular weight excluding hydrogens is 279 g/mol. The molecule has 1 rings (SSSR count). The number of carbonyl (C=O) groups is 1. The molecule has 1 N–H and O–H groups in total. The molecule has 22 heavy (non-hydrogen) atoms. The van der Waals surface area contributed by atoms with E-state index in [1.165, 1.54) is 12.2 Å². The molecule has 1 aliphatic carbocycles. The lowest BCUT2D eigenvalue weighted by Crippen LogP contribution is -2.37. The normalized spacial score (nSPS) is 24.7. The van der Waals surface area contributed by atoms with Gasteiger partial charge in [-0.1, -0.05) is 19.1 Å². The van der Waals surface area contributed by atoms with Crippen molar-refractivity contribution in [2.75, 3.05) is 0 Å². The number of hydrogen-bond donors (Lipinski definition) is 1. The summed E-state index contributed by atoms with van der Waals surface area (Å²) in [5.41, 5.74) is 0.971. The fourth-order valence-electron chi connectivity index (χ4n) is 2.43. The molecule has 0 unspecified atom stereocenters. The predicted octanol–water partition coefficient (Wildman–Crippen LogP) is 4.48. The summed E-state index contributed by atoms with van der Waals surface area (Å²) in [6.45, 7) is 7.41. The molecule has 0 aliphatic heterocycles. The van der Waals surface area contributed by atoms with Gasteiger partial charge >= 0.3 is 0 Å². The molecule has 1 fully saturated rings. The maximum atomic E-state index is 13.0. The highest BCUT2D eigenvalue weighted by Crippen LogP contribution is 2.23. The van der Waals surface area contributed by atoms with Crippen LogP contribution >= 0.6 is 0 Å². The SMILES string of the molecule is C\C=C(/N=C(C)/C=C\C(F)=C/C)C(=O)NC1CCC(C)CC1. The first-order valence-corrected chi connectivity index (χ1v) is 7.98. The van der Waals surface area contributed by atoms with Gasteiger partial charge in [0.2, 0.25) is 0 Å². The Bertz CT molecular complexity index is 495. The van der Waals surface area contributed by atoms with Gasteiger partial charge in [-0.15, -0.1) is 0 Å². The lowest BCUT2D eigenvalue weighted by Gasteiger charge is -2.26. The van der Waals surface area contributed by atoms with E-state index in [0.717, 1.165) is 31.6 Å². The first kappa shape index (κ1) is 18.3. The molecule has 0 bridgehead atoms. The number of hydrogen-bond acceptors (Lipinski definition) is 2. The second-order valence-electron chi connectivity index (χ2n) is 5.86. The predicted molar refractivity (Wildman–Crippen MR) is 90.4 cm³/mol. The van der Waals surface area contributed by atoms with Crippen LogP contribution in [0.3, 0.4) is 0 Å². The molecule has 1 aliphatic rings. The maximum Gasteiger partial charge on any atom is 0.269 e. The highest BCUT2D eigenvalue weighted by atomic mass is 19.1. The summed E-state index contributed by atoms with van der Waals surface area (Å²) >= 11 is 0. The summed E-state index contributed by atoms with van der Waals surface area (Å²) in [4.78, 5) is 16.5. The third-order valence-electron chi connectivity index (χ3n) is 3.91. The number of aliphatic imine (C=N–C) groups is 1. The number of nitrogens with zero attached hydrogens (tertiary/aromatic N) is 1. The van der Waals surface area contributed by atoms with Gasteiger partial charge in [0.25, 0.3) is 5.91 Å². The van der Waals surface area contributed by atoms with Gasteiger partial charge in [0.05, 0.1) is 0 Å². The van der Waals surface area contributed by atoms with Crippen LogP contribution in [0, 0.1) is 5.92 Å². The summed E-state index contributed by atoms with van der Waals surface area (Å²) in [5.74, 6) is 0.278. The third kappa shape index (κ3) is 6.37. The molecule has 0 atom stereocenters. The van der Waals surface area contributed by atoms with Gasteiger partial charge < -0.3 is 5.32 Å². The van der Waals surface area contributed by atoms with Gasteiger partial charge in [-0.3, -0.25) is 4.79 Å². The zero-order valence-electron chi connectivity index (χ0n) is 14.0. The van der Waals surface area contributed by atoms with Crippen molar-refractivity contribution < 1.29 is 9.18 Å². The van der Waals surface area contributed by atoms with E-state index in [1.807, 2.05) is 0 Å². The molecule has 0 aromatic rings. The molecule has 0 radical (unpaired) electrons. The van der Waals surface area contributed by atoms with E-state index in [2.05, 4.69) is 17.2 Å². The molecular formula is C18H27FN2O. The second-order valence-corrected chi connectivity index (χ2v) is 5.86. The summed E-state index contributed by atoms with van der Waals surface area (Å²) in [6.07, 6.45) is 10.3. The van der Waals surface area contributed by atoms with Crippen molar-refractivity contribution in [1.82, 2.24) is 5.32 Å². The van der Waals surface area contributed by atoms with Crippen molar-refractivity contribution in [3.05, 3.63) is 35.8 Å². The number of halogens is 1. The van der Waals surface area contributed by atoms with E-state index in [0.29, 0.717) is 11.4 Å². The van der Waals surface area contributed by atoms with Gasteiger partial charge in [0.15, 0.2) is 0 Å². The molecule has 122 valence electrons. The van der Waals surface area contributed by atoms with Crippen molar-refractivity contribution >= 4 is 11.6 Å². The Morgan fingerprint density at radius 1 is 1.14 bits per heavy atom. The first-order valence-electron chi connectivity index (χ1n) is 7.98. The molecule has 3 nitrogen and oxygen atoms in total. The molecule has 0 aromatic carbocycles. The van der Waals surface area contributed by atoms with Crippen LogP contribution < -0.4 is 5.32 Å². The van der Waals surface area contributed by atoms with Crippen LogP contribution in [-0.4, -0.2) is 17.7 Å². The van der Waals surface area contributed by atoms with E-state index in [9.17, 15) is 9.18 Å². The van der Waals surface area contributed by atoms with Crippen molar-refractivity contribution in [2.45, 2.75) is 59.4 Å². The molecule has 0 saturated heterocycles. The third-order valence-corrected chi connectivity index (χ3v) is 3.91. The van der Waals surface area contributed by atoms with Crippen LogP contribution in [0.25, 0.3) is 0 Å². The van der Waals surface area contributed by atoms with E-state index in [1.54, 1.807) is 32.9 Å². The Labute approximate surface area is 133 Å². The average molecular weight is 306 g/mol. The number of amides is 1. The lowest BCUT2D eigenvalue weighted by molar-refractivity contribution is -0.118. The Morgan fingerprint density at radius 3 is 2.32 bits per heavy atom. The molecule has 1 saturated carbocycles. The van der Waals surface area contributed by atoms with Crippen LogP contribution in [0.2, 0.25) is 0 Å². The van der Waals surface area contributed by atoms with E-state index >= 15 is 0 Å². The van der Waals surface area contributed by atoms with Crippen molar-refractivity contribution in [3.8, 4) is 0 Å². The van der Waals surface area contributed by atoms with Gasteiger partial charge in [0, 0.05) is 11.8 Å². The minimum Gasteiger partial charge on any atom is -0.348 e. The van der Waals surface area contributed by atoms with E-state index in [4.69, 9.17) is 0 Å². The molecule has 0 spiro atoms. The molecule has 0 heterocycles. The van der Waals surface area contributed by atoms with Gasteiger partial charge in [-0.2, -0.15) is 0 Å². The Hall–Kier alpha value is -1.71. The Morgan fingerprint density at radius 2 is 1.77 bits per heavy atom. The number of allylic oxidation sites excluding steroid dienone is 5. The Kier molecular flexibility index (Phi) is 7.78. The summed E-state index contributed by atoms with van der Waals surface area (Å²) in [7, 11) is 0. The minimum absolute atomic E-state index is 0.152. The fraction of sp³-hybridized carbons (Fsp3) is 0.556. The monoisotopic (exact) mass is 306 g/mol. The highest BCUT2D eigenvalue weighted by Gasteiger charge is 2.20. The van der Waals surface area contributed by atoms with Crippen LogP contribution in [-0.2, 0) is 4.79 Å². The summed E-state index contributed by atoms with van der Waals surface area (Å²) in [6, 6.07) is 0.241. The van der Waals surface area contributed by atoms with Crippen LogP contribution in [0.4, 0.5) is 4.39 Å². The van der Waals surface area contributed by atoms with Crippen molar-refractivity contribution in [2.24, 2.45) is 10.9 Å². The molecule has 0 aromatic heterocycles. The van der Waals surface area contributed by atoms with Crippen LogP contribution in [0.1, 0.15) is 53.4 Å². The summed E-state index contributed by atoms with van der Waals surface area (Å²) < 4.78 is 13.0. The maximum absolute atomic E-state index is 13.0. The lowest BCUT2D eigenvalue weighted by atomic mass is 9.87. The molecule has 1 amide bonds. The number of carbonyl (C=O) groups excluding carboxylic acids is 1. The Balaban J connectivity index is 2.63. The molecule has 4 heteroatoms. The van der Waals surface area contributed by atoms with Crippen LogP contribution in [0.15, 0.2) is 40.8 Å². The van der Waals surface area contributed by atoms with Crippen molar-refractivity contribution in [1.29, 1.82) is 0 Å². The summed E-state index contributed by atoms with van der Waals surface area (Å²) in [5, 5.41) is 3.05. The second kappa shape index (κ2) is 9.34. The minimum atomic E-state index is -0.322. The quantitative estimate of drug-likeness (QED) is 0.454. The van der Waals surface area contributed by atoms with Gasteiger partial charge in [-0.05, 0) is 64.5 Å².